The molecule has 0 atom stereocenters. The first-order chi connectivity index (χ1) is 10.8. The highest BCUT2D eigenvalue weighted by Gasteiger charge is 2.20. The van der Waals surface area contributed by atoms with Crippen molar-refractivity contribution in [3.05, 3.63) is 34.7 Å². The van der Waals surface area contributed by atoms with E-state index in [1.165, 1.54) is 23.3 Å². The number of nitrogen functional groups attached to an aromatic ring is 1. The van der Waals surface area contributed by atoms with Gasteiger partial charge in [-0.3, -0.25) is 0 Å². The van der Waals surface area contributed by atoms with Crippen LogP contribution in [0.25, 0.3) is 21.6 Å². The van der Waals surface area contributed by atoms with Crippen LogP contribution < -0.4 is 10.5 Å². The number of benzene rings is 1. The minimum Gasteiger partial charge on any atom is -0.497 e. The van der Waals surface area contributed by atoms with Gasteiger partial charge in [0.15, 0.2) is 5.82 Å². The van der Waals surface area contributed by atoms with Gasteiger partial charge in [0.25, 0.3) is 0 Å². The molecule has 1 aromatic carbocycles. The zero-order valence-electron chi connectivity index (χ0n) is 12.4. The van der Waals surface area contributed by atoms with Crippen LogP contribution in [0.4, 0.5) is 5.82 Å². The van der Waals surface area contributed by atoms with Crippen molar-refractivity contribution < 1.29 is 4.74 Å². The van der Waals surface area contributed by atoms with E-state index in [0.717, 1.165) is 34.4 Å². The van der Waals surface area contributed by atoms with Crippen molar-refractivity contribution in [2.75, 3.05) is 12.8 Å². The Labute approximate surface area is 133 Å². The summed E-state index contributed by atoms with van der Waals surface area (Å²) in [4.78, 5) is 11.8. The fraction of sp³-hybridized carbons (Fsp3) is 0.294. The molecule has 3 aromatic rings. The smallest absolute Gasteiger partial charge is 0.163 e. The number of anilines is 1. The minimum atomic E-state index is 0.607. The van der Waals surface area contributed by atoms with Crippen LogP contribution in [-0.2, 0) is 12.8 Å². The van der Waals surface area contributed by atoms with Crippen LogP contribution in [0.3, 0.4) is 0 Å². The Morgan fingerprint density at radius 2 is 1.86 bits per heavy atom. The first-order valence-electron chi connectivity index (χ1n) is 7.48. The predicted molar refractivity (Wildman–Crippen MR) is 90.5 cm³/mol. The minimum absolute atomic E-state index is 0.607. The summed E-state index contributed by atoms with van der Waals surface area (Å²) < 4.78 is 5.19. The van der Waals surface area contributed by atoms with Crippen LogP contribution in [0.15, 0.2) is 24.3 Å². The van der Waals surface area contributed by atoms with Crippen LogP contribution in [0.2, 0.25) is 0 Å². The number of hydrogen-bond donors (Lipinski definition) is 1. The molecule has 22 heavy (non-hydrogen) atoms. The standard InChI is InChI=1S/C17H17N3OS/c1-21-11-8-6-10(7-9-11)16-19-15(18)14-12-4-2-3-5-13(12)22-17(14)20-16/h6-9H,2-5H2,1H3,(H2,18,19,20). The third-order valence-corrected chi connectivity index (χ3v) is 5.38. The summed E-state index contributed by atoms with van der Waals surface area (Å²) in [6.45, 7) is 0. The highest BCUT2D eigenvalue weighted by atomic mass is 32.1. The number of ether oxygens (including phenoxy) is 1. The van der Waals surface area contributed by atoms with Gasteiger partial charge in [-0.25, -0.2) is 9.97 Å². The maximum Gasteiger partial charge on any atom is 0.163 e. The molecular formula is C17H17N3OS. The van der Waals surface area contributed by atoms with Crippen molar-refractivity contribution in [1.82, 2.24) is 9.97 Å². The van der Waals surface area contributed by atoms with E-state index in [1.54, 1.807) is 18.4 Å². The number of aromatic nitrogens is 2. The van der Waals surface area contributed by atoms with Gasteiger partial charge in [0, 0.05) is 10.4 Å². The number of nitrogens with two attached hydrogens (primary N) is 1. The molecule has 2 N–H and O–H groups in total. The van der Waals surface area contributed by atoms with Gasteiger partial charge >= 0.3 is 0 Å². The van der Waals surface area contributed by atoms with Gasteiger partial charge in [-0.1, -0.05) is 0 Å². The fourth-order valence-corrected chi connectivity index (χ4v) is 4.32. The summed E-state index contributed by atoms with van der Waals surface area (Å²) in [5, 5.41) is 1.08. The number of fused-ring (bicyclic) bond motifs is 3. The number of aryl methyl sites for hydroxylation is 2. The molecule has 1 aliphatic carbocycles. The Morgan fingerprint density at radius 3 is 2.64 bits per heavy atom. The summed E-state index contributed by atoms with van der Waals surface area (Å²) in [6, 6.07) is 7.76. The maximum atomic E-state index is 6.25. The molecule has 0 fully saturated rings. The van der Waals surface area contributed by atoms with Gasteiger partial charge in [0.2, 0.25) is 0 Å². The Hall–Kier alpha value is -2.14. The van der Waals surface area contributed by atoms with Crippen LogP contribution in [0.5, 0.6) is 5.75 Å². The molecule has 4 nitrogen and oxygen atoms in total. The van der Waals surface area contributed by atoms with E-state index >= 15 is 0 Å². The molecule has 0 saturated heterocycles. The number of methoxy groups -OCH3 is 1. The fourth-order valence-electron chi connectivity index (χ4n) is 3.05. The highest BCUT2D eigenvalue weighted by molar-refractivity contribution is 7.19. The predicted octanol–water partition coefficient (Wildman–Crippen LogP) is 3.83. The second-order valence-corrected chi connectivity index (χ2v) is 6.64. The lowest BCUT2D eigenvalue weighted by Gasteiger charge is -2.10. The third-order valence-electron chi connectivity index (χ3n) is 4.19. The molecule has 112 valence electrons. The molecule has 1 aliphatic rings. The first kappa shape index (κ1) is 13.5. The van der Waals surface area contributed by atoms with Crippen molar-refractivity contribution in [1.29, 1.82) is 0 Å². The average Bonchev–Trinajstić information content (AvgIpc) is 2.93. The van der Waals surface area contributed by atoms with Gasteiger partial charge in [-0.15, -0.1) is 11.3 Å². The molecule has 2 heterocycles. The molecule has 0 aliphatic heterocycles. The summed E-state index contributed by atoms with van der Waals surface area (Å²) >= 11 is 1.77. The molecule has 4 rings (SSSR count). The topological polar surface area (TPSA) is 61.0 Å². The number of thiophene rings is 1. The lowest BCUT2D eigenvalue weighted by molar-refractivity contribution is 0.415. The quantitative estimate of drug-likeness (QED) is 0.781. The molecule has 0 unspecified atom stereocenters. The molecule has 0 bridgehead atoms. The van der Waals surface area contributed by atoms with Crippen molar-refractivity contribution in [3.63, 3.8) is 0 Å². The lowest BCUT2D eigenvalue weighted by atomic mass is 9.97. The molecule has 0 radical (unpaired) electrons. The van der Waals surface area contributed by atoms with Gasteiger partial charge in [-0.05, 0) is 55.5 Å². The van der Waals surface area contributed by atoms with Crippen molar-refractivity contribution in [3.8, 4) is 17.1 Å². The number of nitrogens with zero attached hydrogens (tertiary/aromatic N) is 2. The zero-order valence-corrected chi connectivity index (χ0v) is 13.2. The molecule has 0 saturated carbocycles. The third kappa shape index (κ3) is 2.13. The summed E-state index contributed by atoms with van der Waals surface area (Å²) in [6.07, 6.45) is 4.75. The van der Waals surface area contributed by atoms with Crippen LogP contribution in [0.1, 0.15) is 23.3 Å². The first-order valence-corrected chi connectivity index (χ1v) is 8.30. The normalized spacial score (nSPS) is 14.0. The Balaban J connectivity index is 1.85. The van der Waals surface area contributed by atoms with E-state index in [2.05, 4.69) is 4.98 Å². The molecular weight excluding hydrogens is 294 g/mol. The highest BCUT2D eigenvalue weighted by Crippen LogP contribution is 2.38. The monoisotopic (exact) mass is 311 g/mol. The second-order valence-electron chi connectivity index (χ2n) is 5.55. The SMILES string of the molecule is COc1ccc(-c2nc(N)c3c4c(sc3n2)CCCC4)cc1. The van der Waals surface area contributed by atoms with E-state index < -0.39 is 0 Å². The number of hydrogen-bond acceptors (Lipinski definition) is 5. The Kier molecular flexibility index (Phi) is 3.22. The Bertz CT molecular complexity index is 839. The number of rotatable bonds is 2. The van der Waals surface area contributed by atoms with Gasteiger partial charge in [0.1, 0.15) is 16.4 Å². The maximum absolute atomic E-state index is 6.25. The van der Waals surface area contributed by atoms with Gasteiger partial charge in [-0.2, -0.15) is 0 Å². The van der Waals surface area contributed by atoms with Crippen LogP contribution >= 0.6 is 11.3 Å². The van der Waals surface area contributed by atoms with Crippen molar-refractivity contribution >= 4 is 27.4 Å². The molecule has 5 heteroatoms. The van der Waals surface area contributed by atoms with E-state index in [4.69, 9.17) is 15.5 Å². The molecule has 0 spiro atoms. The Morgan fingerprint density at radius 1 is 1.09 bits per heavy atom. The largest absolute Gasteiger partial charge is 0.497 e. The summed E-state index contributed by atoms with van der Waals surface area (Å²) in [5.41, 5.74) is 8.59. The second kappa shape index (κ2) is 5.25. The van der Waals surface area contributed by atoms with Crippen molar-refractivity contribution in [2.24, 2.45) is 0 Å². The van der Waals surface area contributed by atoms with Gasteiger partial charge in [0.05, 0.1) is 12.5 Å². The van der Waals surface area contributed by atoms with E-state index in [-0.39, 0.29) is 0 Å². The van der Waals surface area contributed by atoms with Gasteiger partial charge < -0.3 is 10.5 Å². The van der Waals surface area contributed by atoms with E-state index in [1.807, 2.05) is 24.3 Å². The van der Waals surface area contributed by atoms with Crippen LogP contribution in [-0.4, -0.2) is 17.1 Å². The zero-order chi connectivity index (χ0) is 15.1. The van der Waals surface area contributed by atoms with Crippen molar-refractivity contribution in [2.45, 2.75) is 25.7 Å². The molecule has 0 amide bonds. The summed E-state index contributed by atoms with van der Waals surface area (Å²) in [5.74, 6) is 2.12. The molecule has 2 aromatic heterocycles. The summed E-state index contributed by atoms with van der Waals surface area (Å²) in [7, 11) is 1.66. The average molecular weight is 311 g/mol. The van der Waals surface area contributed by atoms with E-state index in [0.29, 0.717) is 11.6 Å². The van der Waals surface area contributed by atoms with Crippen LogP contribution in [0, 0.1) is 0 Å². The lowest BCUT2D eigenvalue weighted by Crippen LogP contribution is -2.01. The van der Waals surface area contributed by atoms with E-state index in [9.17, 15) is 0 Å².